The highest BCUT2D eigenvalue weighted by Crippen LogP contribution is 2.17. The lowest BCUT2D eigenvalue weighted by Gasteiger charge is -2.16. The molecule has 2 aromatic carbocycles. The summed E-state index contributed by atoms with van der Waals surface area (Å²) in [5.41, 5.74) is 2.44. The van der Waals surface area contributed by atoms with Crippen molar-refractivity contribution in [2.24, 2.45) is 0 Å². The van der Waals surface area contributed by atoms with Gasteiger partial charge in [-0.1, -0.05) is 56.3 Å². The maximum absolute atomic E-state index is 12.2. The van der Waals surface area contributed by atoms with E-state index in [2.05, 4.69) is 13.8 Å². The number of ether oxygens (including phenoxy) is 1. The van der Waals surface area contributed by atoms with Crippen molar-refractivity contribution in [2.75, 3.05) is 18.6 Å². The predicted molar refractivity (Wildman–Crippen MR) is 105 cm³/mol. The fraction of sp³-hybridized carbons (Fsp3) is 0.227. The predicted octanol–water partition coefficient (Wildman–Crippen LogP) is 3.92. The third-order valence-electron chi connectivity index (χ3n) is 4.10. The Labute approximate surface area is 159 Å². The van der Waals surface area contributed by atoms with Crippen LogP contribution >= 0.6 is 0 Å². The Bertz CT molecular complexity index is 863. The Balaban J connectivity index is 2.00. The molecule has 0 aliphatic heterocycles. The van der Waals surface area contributed by atoms with Gasteiger partial charge in [0.25, 0.3) is 5.91 Å². The Kier molecular flexibility index (Phi) is 6.90. The van der Waals surface area contributed by atoms with Crippen LogP contribution in [0.4, 0.5) is 5.69 Å². The molecule has 0 aliphatic rings. The summed E-state index contributed by atoms with van der Waals surface area (Å²) in [5, 5.41) is 9.24. The number of hydrogen-bond donors (Lipinski definition) is 0. The smallest absolute Gasteiger partial charge is 0.349 e. The lowest BCUT2D eigenvalue weighted by atomic mass is 10.0. The van der Waals surface area contributed by atoms with Crippen LogP contribution in [-0.2, 0) is 14.3 Å². The molecule has 0 N–H and O–H groups in total. The molecule has 0 bridgehead atoms. The summed E-state index contributed by atoms with van der Waals surface area (Å²) in [6.07, 6.45) is 1.46. The molecule has 2 aromatic rings. The van der Waals surface area contributed by atoms with Crippen LogP contribution in [0.3, 0.4) is 0 Å². The average molecular weight is 362 g/mol. The van der Waals surface area contributed by atoms with Gasteiger partial charge in [-0.3, -0.25) is 4.79 Å². The van der Waals surface area contributed by atoms with Crippen molar-refractivity contribution >= 4 is 23.6 Å². The van der Waals surface area contributed by atoms with Crippen LogP contribution in [-0.4, -0.2) is 25.5 Å². The van der Waals surface area contributed by atoms with Crippen LogP contribution < -0.4 is 4.90 Å². The van der Waals surface area contributed by atoms with Gasteiger partial charge >= 0.3 is 5.97 Å². The maximum Gasteiger partial charge on any atom is 0.349 e. The van der Waals surface area contributed by atoms with E-state index in [-0.39, 0.29) is 11.5 Å². The fourth-order valence-corrected chi connectivity index (χ4v) is 2.38. The second kappa shape index (κ2) is 9.35. The van der Waals surface area contributed by atoms with Crippen LogP contribution in [0, 0.1) is 11.3 Å². The number of anilines is 1. The highest BCUT2D eigenvalue weighted by atomic mass is 16.5. The molecule has 0 fully saturated rings. The zero-order valence-corrected chi connectivity index (χ0v) is 15.7. The van der Waals surface area contributed by atoms with Gasteiger partial charge < -0.3 is 9.64 Å². The third-order valence-corrected chi connectivity index (χ3v) is 4.10. The number of carbonyl (C=O) groups is 2. The molecule has 0 spiro atoms. The molecule has 0 saturated heterocycles. The highest BCUT2D eigenvalue weighted by molar-refractivity contribution is 6.00. The van der Waals surface area contributed by atoms with Gasteiger partial charge in [-0.05, 0) is 35.3 Å². The third kappa shape index (κ3) is 5.55. The van der Waals surface area contributed by atoms with Crippen LogP contribution in [0.5, 0.6) is 0 Å². The molecule has 0 unspecified atom stereocenters. The number of amides is 1. The molecule has 0 aromatic heterocycles. The molecule has 0 radical (unpaired) electrons. The molecule has 5 nitrogen and oxygen atoms in total. The summed E-state index contributed by atoms with van der Waals surface area (Å²) in [6.45, 7) is 3.74. The molecule has 0 heterocycles. The summed E-state index contributed by atoms with van der Waals surface area (Å²) in [7, 11) is 1.60. The molecule has 5 heteroatoms. The number of nitrogens with zero attached hydrogens (tertiary/aromatic N) is 2. The quantitative estimate of drug-likeness (QED) is 0.444. The zero-order chi connectivity index (χ0) is 19.8. The Morgan fingerprint density at radius 2 is 1.74 bits per heavy atom. The van der Waals surface area contributed by atoms with Crippen LogP contribution in [0.2, 0.25) is 0 Å². The minimum atomic E-state index is -0.819. The summed E-state index contributed by atoms with van der Waals surface area (Å²) >= 11 is 0. The van der Waals surface area contributed by atoms with E-state index in [1.54, 1.807) is 19.2 Å². The maximum atomic E-state index is 12.2. The van der Waals surface area contributed by atoms with Gasteiger partial charge in [-0.2, -0.15) is 5.26 Å². The van der Waals surface area contributed by atoms with E-state index >= 15 is 0 Å². The standard InChI is InChI=1S/C22H22N2O3/c1-16(2)18-11-9-17(10-12-18)13-19(14-23)22(26)27-15-21(25)24(3)20-7-5-4-6-8-20/h4-13,16H,15H2,1-3H3/b19-13+. The van der Waals surface area contributed by atoms with Crippen molar-refractivity contribution in [1.82, 2.24) is 0 Å². The average Bonchev–Trinajstić information content (AvgIpc) is 2.70. The van der Waals surface area contributed by atoms with Gasteiger partial charge in [0.1, 0.15) is 11.6 Å². The van der Waals surface area contributed by atoms with Gasteiger partial charge in [0.05, 0.1) is 0 Å². The molecule has 0 aliphatic carbocycles. The SMILES string of the molecule is CC(C)c1ccc(/C=C(\C#N)C(=O)OCC(=O)N(C)c2ccccc2)cc1. The summed E-state index contributed by atoms with van der Waals surface area (Å²) in [6, 6.07) is 18.5. The van der Waals surface area contributed by atoms with E-state index < -0.39 is 12.6 Å². The van der Waals surface area contributed by atoms with Gasteiger partial charge in [0.2, 0.25) is 0 Å². The first kappa shape index (κ1) is 19.9. The Morgan fingerprint density at radius 3 is 2.30 bits per heavy atom. The van der Waals surface area contributed by atoms with Crippen molar-refractivity contribution in [2.45, 2.75) is 19.8 Å². The minimum absolute atomic E-state index is 0.150. The van der Waals surface area contributed by atoms with Crippen LogP contribution in [0.15, 0.2) is 60.2 Å². The monoisotopic (exact) mass is 362 g/mol. The molecular formula is C22H22N2O3. The molecule has 1 amide bonds. The van der Waals surface area contributed by atoms with Crippen molar-refractivity contribution in [3.63, 3.8) is 0 Å². The van der Waals surface area contributed by atoms with E-state index in [0.29, 0.717) is 11.6 Å². The van der Waals surface area contributed by atoms with Crippen molar-refractivity contribution < 1.29 is 14.3 Å². The van der Waals surface area contributed by atoms with E-state index in [1.165, 1.54) is 16.5 Å². The number of benzene rings is 2. The Hall–Kier alpha value is -3.39. The summed E-state index contributed by atoms with van der Waals surface area (Å²) in [5.74, 6) is -0.801. The van der Waals surface area contributed by atoms with Crippen molar-refractivity contribution in [1.29, 1.82) is 5.26 Å². The second-order valence-electron chi connectivity index (χ2n) is 6.36. The Morgan fingerprint density at radius 1 is 1.11 bits per heavy atom. The number of carbonyl (C=O) groups excluding carboxylic acids is 2. The molecule has 138 valence electrons. The zero-order valence-electron chi connectivity index (χ0n) is 15.7. The lowest BCUT2D eigenvalue weighted by Crippen LogP contribution is -2.31. The van der Waals surface area contributed by atoms with Crippen LogP contribution in [0.25, 0.3) is 6.08 Å². The molecule has 27 heavy (non-hydrogen) atoms. The first-order valence-electron chi connectivity index (χ1n) is 8.63. The lowest BCUT2D eigenvalue weighted by molar-refractivity contribution is -0.143. The second-order valence-corrected chi connectivity index (χ2v) is 6.36. The van der Waals surface area contributed by atoms with Gasteiger partial charge in [0, 0.05) is 12.7 Å². The number of para-hydroxylation sites is 1. The summed E-state index contributed by atoms with van der Waals surface area (Å²) < 4.78 is 5.01. The molecule has 0 saturated carbocycles. The number of hydrogen-bond acceptors (Lipinski definition) is 4. The molecular weight excluding hydrogens is 340 g/mol. The normalized spacial score (nSPS) is 11.0. The molecule has 0 atom stereocenters. The van der Waals surface area contributed by atoms with E-state index in [4.69, 9.17) is 4.74 Å². The topological polar surface area (TPSA) is 70.4 Å². The number of esters is 1. The van der Waals surface area contributed by atoms with Crippen molar-refractivity contribution in [3.05, 3.63) is 71.3 Å². The summed E-state index contributed by atoms with van der Waals surface area (Å²) in [4.78, 5) is 25.7. The van der Waals surface area contributed by atoms with E-state index in [9.17, 15) is 14.9 Å². The van der Waals surface area contributed by atoms with E-state index in [0.717, 1.165) is 5.56 Å². The fourth-order valence-electron chi connectivity index (χ4n) is 2.38. The van der Waals surface area contributed by atoms with Gasteiger partial charge in [-0.25, -0.2) is 4.79 Å². The van der Waals surface area contributed by atoms with E-state index in [1.807, 2.05) is 48.5 Å². The first-order chi connectivity index (χ1) is 12.9. The minimum Gasteiger partial charge on any atom is -0.451 e. The largest absolute Gasteiger partial charge is 0.451 e. The number of rotatable bonds is 6. The van der Waals surface area contributed by atoms with Crippen molar-refractivity contribution in [3.8, 4) is 6.07 Å². The molecule has 2 rings (SSSR count). The number of nitriles is 1. The highest BCUT2D eigenvalue weighted by Gasteiger charge is 2.16. The van der Waals surface area contributed by atoms with Crippen LogP contribution in [0.1, 0.15) is 30.9 Å². The van der Waals surface area contributed by atoms with Gasteiger partial charge in [-0.15, -0.1) is 0 Å². The van der Waals surface area contributed by atoms with Gasteiger partial charge in [0.15, 0.2) is 6.61 Å². The number of likely N-dealkylation sites (N-methyl/N-ethyl adjacent to an activating group) is 1. The first-order valence-corrected chi connectivity index (χ1v) is 8.63.